The summed E-state index contributed by atoms with van der Waals surface area (Å²) in [4.78, 5) is 45.6. The van der Waals surface area contributed by atoms with Gasteiger partial charge in [0.15, 0.2) is 0 Å². The zero-order valence-corrected chi connectivity index (χ0v) is 23.0. The molecule has 0 unspecified atom stereocenters. The molecule has 0 atom stereocenters. The number of rotatable bonds is 20. The van der Waals surface area contributed by atoms with E-state index in [2.05, 4.69) is 26.3 Å². The number of hydrogen-bond donors (Lipinski definition) is 0. The third-order valence-electron chi connectivity index (χ3n) is 5.02. The average molecular weight is 585 g/mol. The van der Waals surface area contributed by atoms with E-state index in [0.717, 1.165) is 24.3 Å². The lowest BCUT2D eigenvalue weighted by atomic mass is 10.1. The van der Waals surface area contributed by atoms with E-state index in [9.17, 15) is 19.2 Å². The van der Waals surface area contributed by atoms with Gasteiger partial charge < -0.3 is 37.9 Å². The van der Waals surface area contributed by atoms with Crippen molar-refractivity contribution < 1.29 is 57.1 Å². The molecule has 0 saturated heterocycles. The lowest BCUT2D eigenvalue weighted by molar-refractivity contribution is -0.139. The van der Waals surface area contributed by atoms with Gasteiger partial charge in [-0.15, -0.1) is 0 Å². The molecule has 2 aromatic rings. The second-order valence-corrected chi connectivity index (χ2v) is 7.75. The minimum absolute atomic E-state index is 0.00857. The van der Waals surface area contributed by atoms with Crippen LogP contribution in [0.15, 0.2) is 74.9 Å². The van der Waals surface area contributed by atoms with Crippen molar-refractivity contribution in [3.63, 3.8) is 0 Å². The number of benzene rings is 2. The van der Waals surface area contributed by atoms with Crippen molar-refractivity contribution in [2.45, 2.75) is 0 Å². The lowest BCUT2D eigenvalue weighted by Crippen LogP contribution is -2.13. The molecule has 2 rings (SSSR count). The van der Waals surface area contributed by atoms with Crippen LogP contribution in [0.4, 0.5) is 0 Å². The minimum Gasteiger partial charge on any atom is -0.489 e. The summed E-state index contributed by atoms with van der Waals surface area (Å²) in [6.45, 7) is 13.1. The zero-order valence-electron chi connectivity index (χ0n) is 23.0. The van der Waals surface area contributed by atoms with Gasteiger partial charge in [0.2, 0.25) is 0 Å². The minimum atomic E-state index is -0.602. The SMILES string of the molecule is C=CC(=O)OCCOc1ccc(OCCOC(=O)C=C)c2c(OCCOC(=O)C=C)ccc(OCCOC(=O)C=C)c12. The molecule has 0 N–H and O–H groups in total. The molecule has 12 nitrogen and oxygen atoms in total. The molecule has 12 heteroatoms. The Morgan fingerprint density at radius 3 is 0.833 bits per heavy atom. The van der Waals surface area contributed by atoms with Crippen molar-refractivity contribution in [3.8, 4) is 23.0 Å². The van der Waals surface area contributed by atoms with Crippen molar-refractivity contribution in [1.29, 1.82) is 0 Å². The highest BCUT2D eigenvalue weighted by atomic mass is 16.6. The number of fused-ring (bicyclic) bond motifs is 1. The molecule has 0 bridgehead atoms. The first-order valence-electron chi connectivity index (χ1n) is 12.6. The predicted octanol–water partition coefficient (Wildman–Crippen LogP) is 3.27. The molecule has 0 heterocycles. The van der Waals surface area contributed by atoms with Crippen molar-refractivity contribution in [2.24, 2.45) is 0 Å². The van der Waals surface area contributed by atoms with Gasteiger partial charge >= 0.3 is 23.9 Å². The highest BCUT2D eigenvalue weighted by Gasteiger charge is 2.19. The Hall–Kier alpha value is -5.26. The Morgan fingerprint density at radius 1 is 0.429 bits per heavy atom. The smallest absolute Gasteiger partial charge is 0.330 e. The van der Waals surface area contributed by atoms with Gasteiger partial charge in [0.1, 0.15) is 75.9 Å². The van der Waals surface area contributed by atoms with Gasteiger partial charge in [-0.05, 0) is 24.3 Å². The van der Waals surface area contributed by atoms with E-state index in [-0.39, 0.29) is 52.9 Å². The monoisotopic (exact) mass is 584 g/mol. The summed E-state index contributed by atoms with van der Waals surface area (Å²) >= 11 is 0. The third-order valence-corrected chi connectivity index (χ3v) is 5.02. The van der Waals surface area contributed by atoms with Crippen LogP contribution < -0.4 is 18.9 Å². The molecule has 0 amide bonds. The number of carbonyl (C=O) groups excluding carboxylic acids is 4. The Morgan fingerprint density at radius 2 is 0.643 bits per heavy atom. The molecule has 0 aromatic heterocycles. The summed E-state index contributed by atoms with van der Waals surface area (Å²) in [5.74, 6) is -1.10. The van der Waals surface area contributed by atoms with Crippen molar-refractivity contribution in [1.82, 2.24) is 0 Å². The van der Waals surface area contributed by atoms with Gasteiger partial charge in [0, 0.05) is 24.3 Å². The molecular weight excluding hydrogens is 552 g/mol. The Kier molecular flexibility index (Phi) is 14.2. The van der Waals surface area contributed by atoms with Crippen molar-refractivity contribution in [3.05, 3.63) is 74.9 Å². The van der Waals surface area contributed by atoms with Crippen LogP contribution in [-0.4, -0.2) is 76.7 Å². The summed E-state index contributed by atoms with van der Waals surface area (Å²) in [5, 5.41) is 0.836. The molecule has 0 fully saturated rings. The molecule has 224 valence electrons. The summed E-state index contributed by atoms with van der Waals surface area (Å²) in [6.07, 6.45) is 4.15. The summed E-state index contributed by atoms with van der Waals surface area (Å²) in [7, 11) is 0. The first kappa shape index (κ1) is 32.9. The van der Waals surface area contributed by atoms with Crippen LogP contribution in [0.1, 0.15) is 0 Å². The van der Waals surface area contributed by atoms with E-state index >= 15 is 0 Å². The van der Waals surface area contributed by atoms with Crippen LogP contribution in [0.3, 0.4) is 0 Å². The molecule has 0 aliphatic carbocycles. The molecule has 0 aliphatic rings. The van der Waals surface area contributed by atoms with E-state index in [1.165, 1.54) is 0 Å². The van der Waals surface area contributed by atoms with E-state index in [0.29, 0.717) is 33.8 Å². The van der Waals surface area contributed by atoms with Gasteiger partial charge in [-0.3, -0.25) is 0 Å². The van der Waals surface area contributed by atoms with E-state index in [1.807, 2.05) is 0 Å². The zero-order chi connectivity index (χ0) is 30.7. The van der Waals surface area contributed by atoms with Gasteiger partial charge in [-0.1, -0.05) is 26.3 Å². The van der Waals surface area contributed by atoms with E-state index in [4.69, 9.17) is 37.9 Å². The van der Waals surface area contributed by atoms with Crippen LogP contribution in [0.2, 0.25) is 0 Å². The standard InChI is InChI=1S/C30H32O12/c1-5-25(31)39-17-13-35-21-9-10-23(37-15-19-41-27(33)7-3)30-24(38-16-20-42-28(34)8-4)12-11-22(29(21)30)36-14-18-40-26(32)6-2/h5-12H,1-4,13-20H2. The van der Waals surface area contributed by atoms with Crippen LogP contribution in [0.25, 0.3) is 10.8 Å². The fourth-order valence-electron chi connectivity index (χ4n) is 3.26. The number of esters is 4. The topological polar surface area (TPSA) is 142 Å². The molecule has 0 aliphatic heterocycles. The fraction of sp³-hybridized carbons (Fsp3) is 0.267. The second kappa shape index (κ2) is 18.2. The molecule has 42 heavy (non-hydrogen) atoms. The Labute approximate surface area is 242 Å². The summed E-state index contributed by atoms with van der Waals surface area (Å²) in [6, 6.07) is 6.46. The normalized spacial score (nSPS) is 10.0. The highest BCUT2D eigenvalue weighted by Crippen LogP contribution is 2.44. The van der Waals surface area contributed by atoms with Crippen LogP contribution in [0, 0.1) is 0 Å². The fourth-order valence-corrected chi connectivity index (χ4v) is 3.26. The van der Waals surface area contributed by atoms with Crippen LogP contribution in [0.5, 0.6) is 23.0 Å². The molecule has 0 spiro atoms. The largest absolute Gasteiger partial charge is 0.489 e. The Bertz CT molecular complexity index is 1100. The maximum absolute atomic E-state index is 11.4. The van der Waals surface area contributed by atoms with Crippen molar-refractivity contribution in [2.75, 3.05) is 52.9 Å². The highest BCUT2D eigenvalue weighted by molar-refractivity contribution is 6.02. The van der Waals surface area contributed by atoms with Gasteiger partial charge in [-0.25, -0.2) is 19.2 Å². The van der Waals surface area contributed by atoms with Gasteiger partial charge in [0.25, 0.3) is 0 Å². The number of ether oxygens (including phenoxy) is 8. The average Bonchev–Trinajstić information content (AvgIpc) is 3.01. The van der Waals surface area contributed by atoms with Gasteiger partial charge in [-0.2, -0.15) is 0 Å². The number of hydrogen-bond acceptors (Lipinski definition) is 12. The molecule has 0 saturated carbocycles. The molecule has 0 radical (unpaired) electrons. The van der Waals surface area contributed by atoms with E-state index in [1.54, 1.807) is 24.3 Å². The lowest BCUT2D eigenvalue weighted by Gasteiger charge is -2.19. The van der Waals surface area contributed by atoms with Crippen LogP contribution in [-0.2, 0) is 38.1 Å². The quantitative estimate of drug-likeness (QED) is 0.0976. The molecular formula is C30H32O12. The summed E-state index contributed by atoms with van der Waals surface area (Å²) in [5.41, 5.74) is 0. The summed E-state index contributed by atoms with van der Waals surface area (Å²) < 4.78 is 43.6. The van der Waals surface area contributed by atoms with Gasteiger partial charge in [0.05, 0.1) is 10.8 Å². The Balaban J connectivity index is 2.44. The first-order chi connectivity index (χ1) is 20.3. The maximum Gasteiger partial charge on any atom is 0.330 e. The predicted molar refractivity (Wildman–Crippen MR) is 151 cm³/mol. The first-order valence-corrected chi connectivity index (χ1v) is 12.6. The van der Waals surface area contributed by atoms with Crippen LogP contribution >= 0.6 is 0 Å². The van der Waals surface area contributed by atoms with Crippen molar-refractivity contribution >= 4 is 34.6 Å². The number of carbonyl (C=O) groups is 4. The van der Waals surface area contributed by atoms with E-state index < -0.39 is 23.9 Å². The second-order valence-electron chi connectivity index (χ2n) is 7.75. The maximum atomic E-state index is 11.4. The third kappa shape index (κ3) is 10.7. The molecule has 2 aromatic carbocycles.